The average Bonchev–Trinajstić information content (AvgIpc) is 2.14. The molecule has 1 heterocycles. The summed E-state index contributed by atoms with van der Waals surface area (Å²) < 4.78 is 22.0. The smallest absolute Gasteiger partial charge is 0.149 e. The van der Waals surface area contributed by atoms with E-state index in [0.717, 1.165) is 11.3 Å². The summed E-state index contributed by atoms with van der Waals surface area (Å²) in [7, 11) is -3.01. The maximum atomic E-state index is 11.0. The van der Waals surface area contributed by atoms with E-state index in [4.69, 9.17) is 5.26 Å². The zero-order valence-corrected chi connectivity index (χ0v) is 10.9. The summed E-state index contributed by atoms with van der Waals surface area (Å²) >= 11 is 0. The highest BCUT2D eigenvalue weighted by atomic mass is 32.2. The Morgan fingerprint density at radius 2 is 2.12 bits per heavy atom. The molecule has 0 aromatic carbocycles. The molecular formula is C11H15N3O2S. The fourth-order valence-electron chi connectivity index (χ4n) is 1.46. The van der Waals surface area contributed by atoms with E-state index in [1.165, 1.54) is 6.26 Å². The summed E-state index contributed by atoms with van der Waals surface area (Å²) in [4.78, 5) is 4.20. The molecule has 0 radical (unpaired) electrons. The van der Waals surface area contributed by atoms with Gasteiger partial charge in [-0.2, -0.15) is 5.26 Å². The van der Waals surface area contributed by atoms with Gasteiger partial charge in [-0.25, -0.2) is 13.4 Å². The van der Waals surface area contributed by atoms with Crippen LogP contribution in [0.4, 0.5) is 5.82 Å². The summed E-state index contributed by atoms with van der Waals surface area (Å²) in [6.07, 6.45) is 1.18. The van der Waals surface area contributed by atoms with Gasteiger partial charge in [0.25, 0.3) is 0 Å². The standard InChI is InChI=1S/C11H15N3O2S/c1-8-6-9(2)14-11(10(8)7-12)13-4-5-17(3,15)16/h6H,4-5H2,1-3H3,(H,13,14). The van der Waals surface area contributed by atoms with Crippen molar-refractivity contribution in [2.24, 2.45) is 0 Å². The fourth-order valence-corrected chi connectivity index (χ4v) is 1.93. The van der Waals surface area contributed by atoms with Gasteiger partial charge < -0.3 is 5.32 Å². The molecule has 17 heavy (non-hydrogen) atoms. The monoisotopic (exact) mass is 253 g/mol. The highest BCUT2D eigenvalue weighted by molar-refractivity contribution is 7.90. The highest BCUT2D eigenvalue weighted by Crippen LogP contribution is 2.17. The lowest BCUT2D eigenvalue weighted by atomic mass is 10.1. The van der Waals surface area contributed by atoms with E-state index >= 15 is 0 Å². The number of nitrogens with one attached hydrogen (secondary N) is 1. The van der Waals surface area contributed by atoms with Crippen LogP contribution in [0.1, 0.15) is 16.8 Å². The second kappa shape index (κ2) is 5.15. The van der Waals surface area contributed by atoms with Gasteiger partial charge in [-0.1, -0.05) is 0 Å². The van der Waals surface area contributed by atoms with Crippen LogP contribution in [-0.4, -0.2) is 32.0 Å². The number of aryl methyl sites for hydroxylation is 2. The molecule has 92 valence electrons. The number of aromatic nitrogens is 1. The van der Waals surface area contributed by atoms with Gasteiger partial charge in [0, 0.05) is 18.5 Å². The number of rotatable bonds is 4. The number of anilines is 1. The largest absolute Gasteiger partial charge is 0.368 e. The molecule has 0 fully saturated rings. The molecule has 5 nitrogen and oxygen atoms in total. The van der Waals surface area contributed by atoms with Crippen LogP contribution in [0.15, 0.2) is 6.07 Å². The first-order valence-electron chi connectivity index (χ1n) is 5.13. The molecule has 1 rings (SSSR count). The predicted octanol–water partition coefficient (Wildman–Crippen LogP) is 1.03. The Morgan fingerprint density at radius 1 is 1.47 bits per heavy atom. The number of nitrogens with zero attached hydrogens (tertiary/aromatic N) is 2. The molecule has 0 aliphatic heterocycles. The number of hydrogen-bond donors (Lipinski definition) is 1. The van der Waals surface area contributed by atoms with Gasteiger partial charge in [0.2, 0.25) is 0 Å². The Kier molecular flexibility index (Phi) is 4.07. The molecule has 0 aliphatic carbocycles. The first kappa shape index (κ1) is 13.5. The molecule has 1 N–H and O–H groups in total. The summed E-state index contributed by atoms with van der Waals surface area (Å²) in [5.41, 5.74) is 2.09. The summed E-state index contributed by atoms with van der Waals surface area (Å²) in [5, 5.41) is 11.9. The molecule has 0 bridgehead atoms. The van der Waals surface area contributed by atoms with E-state index < -0.39 is 9.84 Å². The molecule has 0 saturated heterocycles. The van der Waals surface area contributed by atoms with Crippen molar-refractivity contribution in [3.05, 3.63) is 22.9 Å². The normalized spacial score (nSPS) is 10.9. The first-order valence-corrected chi connectivity index (χ1v) is 7.19. The first-order chi connectivity index (χ1) is 7.83. The minimum absolute atomic E-state index is 0.0204. The predicted molar refractivity (Wildman–Crippen MR) is 66.6 cm³/mol. The Bertz CT molecular complexity index is 559. The number of nitriles is 1. The van der Waals surface area contributed by atoms with Gasteiger partial charge >= 0.3 is 0 Å². The highest BCUT2D eigenvalue weighted by Gasteiger charge is 2.09. The second-order valence-electron chi connectivity index (χ2n) is 3.97. The molecule has 0 aliphatic rings. The van der Waals surface area contributed by atoms with E-state index in [1.54, 1.807) is 0 Å². The van der Waals surface area contributed by atoms with Crippen molar-refractivity contribution in [2.45, 2.75) is 13.8 Å². The lowest BCUT2D eigenvalue weighted by Gasteiger charge is -2.09. The van der Waals surface area contributed by atoms with Crippen molar-refractivity contribution in [3.63, 3.8) is 0 Å². The molecule has 0 spiro atoms. The lowest BCUT2D eigenvalue weighted by Crippen LogP contribution is -2.16. The summed E-state index contributed by atoms with van der Waals surface area (Å²) in [6.45, 7) is 3.91. The SMILES string of the molecule is Cc1cc(C)c(C#N)c(NCCS(C)(=O)=O)n1. The van der Waals surface area contributed by atoms with Crippen LogP contribution in [0.3, 0.4) is 0 Å². The van der Waals surface area contributed by atoms with E-state index in [0.29, 0.717) is 11.4 Å². The van der Waals surface area contributed by atoms with Crippen LogP contribution in [0, 0.1) is 25.2 Å². The van der Waals surface area contributed by atoms with Crippen molar-refractivity contribution in [3.8, 4) is 6.07 Å². The van der Waals surface area contributed by atoms with Gasteiger partial charge in [0.1, 0.15) is 21.7 Å². The van der Waals surface area contributed by atoms with Crippen LogP contribution >= 0.6 is 0 Å². The van der Waals surface area contributed by atoms with Gasteiger partial charge in [-0.05, 0) is 25.5 Å². The molecule has 6 heteroatoms. The van der Waals surface area contributed by atoms with Crippen LogP contribution < -0.4 is 5.32 Å². The van der Waals surface area contributed by atoms with Crippen molar-refractivity contribution in [1.82, 2.24) is 4.98 Å². The molecular weight excluding hydrogens is 238 g/mol. The summed E-state index contributed by atoms with van der Waals surface area (Å²) in [5.74, 6) is 0.473. The third kappa shape index (κ3) is 4.04. The zero-order valence-electron chi connectivity index (χ0n) is 10.1. The zero-order chi connectivity index (χ0) is 13.1. The second-order valence-corrected chi connectivity index (χ2v) is 6.23. The van der Waals surface area contributed by atoms with Gasteiger partial charge in [0.05, 0.1) is 11.3 Å². The molecule has 0 atom stereocenters. The van der Waals surface area contributed by atoms with Gasteiger partial charge in [-0.3, -0.25) is 0 Å². The number of hydrogen-bond acceptors (Lipinski definition) is 5. The van der Waals surface area contributed by atoms with Gasteiger partial charge in [-0.15, -0.1) is 0 Å². The Morgan fingerprint density at radius 3 is 2.65 bits per heavy atom. The van der Waals surface area contributed by atoms with Gasteiger partial charge in [0.15, 0.2) is 0 Å². The maximum Gasteiger partial charge on any atom is 0.149 e. The maximum absolute atomic E-state index is 11.0. The Balaban J connectivity index is 2.88. The fraction of sp³-hybridized carbons (Fsp3) is 0.455. The van der Waals surface area contributed by atoms with Crippen molar-refractivity contribution in [2.75, 3.05) is 23.9 Å². The van der Waals surface area contributed by atoms with E-state index in [1.807, 2.05) is 19.9 Å². The molecule has 0 amide bonds. The Labute approximate surface area is 101 Å². The number of pyridine rings is 1. The quantitative estimate of drug-likeness (QED) is 0.866. The molecule has 1 aromatic heterocycles. The molecule has 0 saturated carbocycles. The third-order valence-electron chi connectivity index (χ3n) is 2.22. The van der Waals surface area contributed by atoms with Crippen LogP contribution in [-0.2, 0) is 9.84 Å². The van der Waals surface area contributed by atoms with Crippen molar-refractivity contribution < 1.29 is 8.42 Å². The van der Waals surface area contributed by atoms with Crippen LogP contribution in [0.5, 0.6) is 0 Å². The van der Waals surface area contributed by atoms with Crippen LogP contribution in [0.25, 0.3) is 0 Å². The molecule has 1 aromatic rings. The summed E-state index contributed by atoms with van der Waals surface area (Å²) in [6, 6.07) is 3.88. The average molecular weight is 253 g/mol. The topological polar surface area (TPSA) is 82.9 Å². The van der Waals surface area contributed by atoms with Crippen molar-refractivity contribution in [1.29, 1.82) is 5.26 Å². The minimum atomic E-state index is -3.01. The third-order valence-corrected chi connectivity index (χ3v) is 3.17. The Hall–Kier alpha value is -1.61. The van der Waals surface area contributed by atoms with E-state index in [9.17, 15) is 8.42 Å². The van der Waals surface area contributed by atoms with Crippen LogP contribution in [0.2, 0.25) is 0 Å². The number of sulfone groups is 1. The van der Waals surface area contributed by atoms with E-state index in [2.05, 4.69) is 16.4 Å². The minimum Gasteiger partial charge on any atom is -0.368 e. The lowest BCUT2D eigenvalue weighted by molar-refractivity contribution is 0.602. The van der Waals surface area contributed by atoms with E-state index in [-0.39, 0.29) is 12.3 Å². The molecule has 0 unspecified atom stereocenters. The van der Waals surface area contributed by atoms with Crippen molar-refractivity contribution >= 4 is 15.7 Å².